The second-order valence-corrected chi connectivity index (χ2v) is 7.03. The molecule has 0 bridgehead atoms. The van der Waals surface area contributed by atoms with Crippen LogP contribution in [0.3, 0.4) is 0 Å². The number of carbonyl (C=O) groups excluding carboxylic acids is 1. The molecule has 4 nitrogen and oxygen atoms in total. The average Bonchev–Trinajstić information content (AvgIpc) is 3.13. The van der Waals surface area contributed by atoms with Gasteiger partial charge >= 0.3 is 5.97 Å². The fourth-order valence-corrected chi connectivity index (χ4v) is 4.01. The highest BCUT2D eigenvalue weighted by atomic mass is 16.4. The molecule has 1 saturated heterocycles. The number of carbonyl (C=O) groups is 2. The lowest BCUT2D eigenvalue weighted by Gasteiger charge is -2.18. The number of likely N-dealkylation sites (tertiary alicyclic amines) is 1. The molecule has 2 aromatic rings. The first-order chi connectivity index (χ1) is 12.6. The highest BCUT2D eigenvalue weighted by Gasteiger charge is 2.40. The normalized spacial score (nSPS) is 21.5. The topological polar surface area (TPSA) is 57.6 Å². The summed E-state index contributed by atoms with van der Waals surface area (Å²) < 4.78 is 0. The predicted octanol–water partition coefficient (Wildman–Crippen LogP) is 3.59. The lowest BCUT2D eigenvalue weighted by atomic mass is 9.89. The third-order valence-corrected chi connectivity index (χ3v) is 5.42. The van der Waals surface area contributed by atoms with Crippen molar-refractivity contribution in [2.45, 2.75) is 18.8 Å². The van der Waals surface area contributed by atoms with Gasteiger partial charge < -0.3 is 10.0 Å². The van der Waals surface area contributed by atoms with Gasteiger partial charge in [-0.05, 0) is 41.7 Å². The Labute approximate surface area is 152 Å². The van der Waals surface area contributed by atoms with E-state index in [1.165, 1.54) is 11.1 Å². The number of fused-ring (bicyclic) bond motifs is 1. The highest BCUT2D eigenvalue weighted by molar-refractivity contribution is 5.95. The van der Waals surface area contributed by atoms with Crippen LogP contribution in [0.4, 0.5) is 0 Å². The summed E-state index contributed by atoms with van der Waals surface area (Å²) in [4.78, 5) is 26.4. The van der Waals surface area contributed by atoms with E-state index >= 15 is 0 Å². The summed E-state index contributed by atoms with van der Waals surface area (Å²) in [7, 11) is 0. The molecule has 1 fully saturated rings. The molecular formula is C22H21NO3. The average molecular weight is 347 g/mol. The second kappa shape index (κ2) is 6.79. The van der Waals surface area contributed by atoms with Gasteiger partial charge in [-0.15, -0.1) is 0 Å². The summed E-state index contributed by atoms with van der Waals surface area (Å²) in [5.74, 6) is -1.66. The number of amides is 1. The van der Waals surface area contributed by atoms with Crippen LogP contribution in [0.15, 0.2) is 54.6 Å². The Bertz CT molecular complexity index is 872. The summed E-state index contributed by atoms with van der Waals surface area (Å²) in [6, 6.07) is 15.4. The molecule has 0 saturated carbocycles. The molecule has 1 aliphatic heterocycles. The zero-order valence-electron chi connectivity index (χ0n) is 14.5. The minimum atomic E-state index is -0.843. The fraction of sp³-hybridized carbons (Fsp3) is 0.273. The molecule has 1 heterocycles. The first-order valence-electron chi connectivity index (χ1n) is 9.00. The summed E-state index contributed by atoms with van der Waals surface area (Å²) in [5, 5.41) is 9.63. The maximum Gasteiger partial charge on any atom is 0.308 e. The van der Waals surface area contributed by atoms with E-state index in [1.54, 1.807) is 4.90 Å². The number of aliphatic carboxylic acids is 1. The Morgan fingerprint density at radius 1 is 1.04 bits per heavy atom. The number of carboxylic acids is 1. The second-order valence-electron chi connectivity index (χ2n) is 7.03. The number of hydrogen-bond donors (Lipinski definition) is 1. The fourth-order valence-electron chi connectivity index (χ4n) is 4.01. The van der Waals surface area contributed by atoms with Crippen LogP contribution in [0, 0.1) is 5.92 Å². The van der Waals surface area contributed by atoms with Crippen molar-refractivity contribution in [1.82, 2.24) is 4.90 Å². The van der Waals surface area contributed by atoms with Gasteiger partial charge in [-0.25, -0.2) is 0 Å². The molecule has 1 N–H and O–H groups in total. The van der Waals surface area contributed by atoms with E-state index < -0.39 is 11.9 Å². The quantitative estimate of drug-likeness (QED) is 0.923. The van der Waals surface area contributed by atoms with E-state index in [2.05, 4.69) is 12.2 Å². The van der Waals surface area contributed by atoms with E-state index in [4.69, 9.17) is 0 Å². The SMILES string of the molecule is O=C(O)[C@@H]1CN(C(=O)c2ccc3c(c2)CCC=C3)C[C@@H]1c1ccccc1. The molecule has 0 radical (unpaired) electrons. The van der Waals surface area contributed by atoms with Gasteiger partial charge in [-0.1, -0.05) is 48.6 Å². The van der Waals surface area contributed by atoms with Crippen LogP contribution in [0.25, 0.3) is 6.08 Å². The Balaban J connectivity index is 1.59. The Hall–Kier alpha value is -2.88. The van der Waals surface area contributed by atoms with Crippen LogP contribution in [-0.2, 0) is 11.2 Å². The summed E-state index contributed by atoms with van der Waals surface area (Å²) in [6.07, 6.45) is 6.17. The summed E-state index contributed by atoms with van der Waals surface area (Å²) >= 11 is 0. The van der Waals surface area contributed by atoms with Crippen LogP contribution < -0.4 is 0 Å². The Kier molecular flexibility index (Phi) is 4.33. The minimum absolute atomic E-state index is 0.0768. The van der Waals surface area contributed by atoms with E-state index in [1.807, 2.05) is 48.5 Å². The number of rotatable bonds is 3. The maximum absolute atomic E-state index is 13.0. The molecule has 4 heteroatoms. The van der Waals surface area contributed by atoms with Gasteiger partial charge in [0, 0.05) is 24.6 Å². The number of carboxylic acid groups (broad SMARTS) is 1. The third kappa shape index (κ3) is 3.03. The van der Waals surface area contributed by atoms with Gasteiger partial charge in [0.05, 0.1) is 5.92 Å². The third-order valence-electron chi connectivity index (χ3n) is 5.42. The summed E-state index contributed by atoms with van der Waals surface area (Å²) in [5.41, 5.74) is 3.98. The van der Waals surface area contributed by atoms with Crippen molar-refractivity contribution in [3.8, 4) is 0 Å². The Morgan fingerprint density at radius 3 is 2.62 bits per heavy atom. The van der Waals surface area contributed by atoms with Crippen molar-refractivity contribution >= 4 is 18.0 Å². The maximum atomic E-state index is 13.0. The van der Waals surface area contributed by atoms with Gasteiger partial charge in [0.1, 0.15) is 0 Å². The highest BCUT2D eigenvalue weighted by Crippen LogP contribution is 2.34. The van der Waals surface area contributed by atoms with Crippen LogP contribution in [0.5, 0.6) is 0 Å². The van der Waals surface area contributed by atoms with Crippen LogP contribution in [0.1, 0.15) is 39.4 Å². The molecule has 2 aliphatic rings. The largest absolute Gasteiger partial charge is 0.481 e. The van der Waals surface area contributed by atoms with Gasteiger partial charge in [0.25, 0.3) is 5.91 Å². The number of hydrogen-bond acceptors (Lipinski definition) is 2. The molecule has 2 aromatic carbocycles. The molecule has 2 atom stereocenters. The van der Waals surface area contributed by atoms with Crippen molar-refractivity contribution in [2.75, 3.05) is 13.1 Å². The molecule has 0 spiro atoms. The molecule has 4 rings (SSSR count). The molecule has 26 heavy (non-hydrogen) atoms. The van der Waals surface area contributed by atoms with E-state index in [0.29, 0.717) is 12.1 Å². The molecule has 132 valence electrons. The number of benzene rings is 2. The van der Waals surface area contributed by atoms with Crippen molar-refractivity contribution in [1.29, 1.82) is 0 Å². The van der Waals surface area contributed by atoms with Gasteiger partial charge in [-0.2, -0.15) is 0 Å². The number of allylic oxidation sites excluding steroid dienone is 1. The monoisotopic (exact) mass is 347 g/mol. The van der Waals surface area contributed by atoms with Crippen LogP contribution in [-0.4, -0.2) is 35.0 Å². The van der Waals surface area contributed by atoms with Gasteiger partial charge in [-0.3, -0.25) is 9.59 Å². The number of nitrogens with zero attached hydrogens (tertiary/aromatic N) is 1. The standard InChI is InChI=1S/C22H21NO3/c24-21(18-11-10-15-6-4-5-9-17(15)12-18)23-13-19(20(14-23)22(25)26)16-7-2-1-3-8-16/h1-4,6-8,10-12,19-20H,5,9,13-14H2,(H,25,26)/t19-,20-/m1/s1. The molecule has 1 aliphatic carbocycles. The number of aryl methyl sites for hydroxylation is 1. The van der Waals surface area contributed by atoms with E-state index in [-0.39, 0.29) is 18.4 Å². The van der Waals surface area contributed by atoms with Crippen molar-refractivity contribution < 1.29 is 14.7 Å². The molecule has 1 amide bonds. The van der Waals surface area contributed by atoms with E-state index in [9.17, 15) is 14.7 Å². The van der Waals surface area contributed by atoms with Crippen molar-refractivity contribution in [3.05, 3.63) is 76.9 Å². The molecule has 0 aromatic heterocycles. The van der Waals surface area contributed by atoms with Gasteiger partial charge in [0.2, 0.25) is 0 Å². The zero-order chi connectivity index (χ0) is 18.1. The molecular weight excluding hydrogens is 326 g/mol. The van der Waals surface area contributed by atoms with Crippen LogP contribution >= 0.6 is 0 Å². The van der Waals surface area contributed by atoms with Crippen molar-refractivity contribution in [2.24, 2.45) is 5.92 Å². The zero-order valence-corrected chi connectivity index (χ0v) is 14.5. The van der Waals surface area contributed by atoms with E-state index in [0.717, 1.165) is 18.4 Å². The van der Waals surface area contributed by atoms with Gasteiger partial charge in [0.15, 0.2) is 0 Å². The van der Waals surface area contributed by atoms with Crippen LogP contribution in [0.2, 0.25) is 0 Å². The van der Waals surface area contributed by atoms with Crippen molar-refractivity contribution in [3.63, 3.8) is 0 Å². The minimum Gasteiger partial charge on any atom is -0.481 e. The predicted molar refractivity (Wildman–Crippen MR) is 100 cm³/mol. The Morgan fingerprint density at radius 2 is 1.85 bits per heavy atom. The first kappa shape index (κ1) is 16.6. The first-order valence-corrected chi connectivity index (χ1v) is 9.00. The summed E-state index contributed by atoms with van der Waals surface area (Å²) in [6.45, 7) is 0.696. The smallest absolute Gasteiger partial charge is 0.308 e. The lowest BCUT2D eigenvalue weighted by molar-refractivity contribution is -0.141. The lowest BCUT2D eigenvalue weighted by Crippen LogP contribution is -2.30. The molecule has 0 unspecified atom stereocenters.